The van der Waals surface area contributed by atoms with Crippen molar-refractivity contribution >= 4 is 17.8 Å². The number of hydrogen-bond donors (Lipinski definition) is 0. The summed E-state index contributed by atoms with van der Waals surface area (Å²) < 4.78 is 27.6. The summed E-state index contributed by atoms with van der Waals surface area (Å²) in [5, 5.41) is 0. The van der Waals surface area contributed by atoms with E-state index in [1.165, 1.54) is 6.07 Å². The van der Waals surface area contributed by atoms with E-state index in [-0.39, 0.29) is 0 Å². The predicted octanol–water partition coefficient (Wildman–Crippen LogP) is 3.18. The molecule has 3 aromatic rings. The minimum atomic E-state index is -0.856. The van der Waals surface area contributed by atoms with Gasteiger partial charge in [-0.25, -0.2) is 18.7 Å². The summed E-state index contributed by atoms with van der Waals surface area (Å²) >= 11 is 0. The molecule has 0 atom stereocenters. The molecule has 0 amide bonds. The molecule has 0 N–H and O–H groups in total. The fourth-order valence-corrected chi connectivity index (χ4v) is 1.73. The first-order valence-corrected chi connectivity index (χ1v) is 5.63. The molecule has 0 saturated carbocycles. The van der Waals surface area contributed by atoms with Gasteiger partial charge in [0.15, 0.2) is 17.3 Å². The Morgan fingerprint density at radius 3 is 2.68 bits per heavy atom. The van der Waals surface area contributed by atoms with Crippen LogP contribution in [0.3, 0.4) is 0 Å². The van der Waals surface area contributed by atoms with Crippen LogP contribution >= 0.6 is 0 Å². The van der Waals surface area contributed by atoms with Crippen LogP contribution in [-0.2, 0) is 0 Å². The van der Waals surface area contributed by atoms with Crippen molar-refractivity contribution in [2.45, 2.75) is 0 Å². The zero-order chi connectivity index (χ0) is 13.2. The van der Waals surface area contributed by atoms with Crippen molar-refractivity contribution in [1.82, 2.24) is 14.4 Å². The number of nitrogens with zero attached hydrogens (tertiary/aromatic N) is 3. The molecule has 5 heteroatoms. The van der Waals surface area contributed by atoms with Gasteiger partial charge in [-0.2, -0.15) is 0 Å². The highest BCUT2D eigenvalue weighted by Gasteiger charge is 2.00. The van der Waals surface area contributed by atoms with E-state index in [1.807, 2.05) is 6.20 Å². The quantitative estimate of drug-likeness (QED) is 0.705. The monoisotopic (exact) mass is 257 g/mol. The van der Waals surface area contributed by atoms with Gasteiger partial charge in [-0.15, -0.1) is 0 Å². The third-order valence-corrected chi connectivity index (χ3v) is 2.69. The topological polar surface area (TPSA) is 30.2 Å². The van der Waals surface area contributed by atoms with Crippen molar-refractivity contribution in [2.24, 2.45) is 0 Å². The lowest BCUT2D eigenvalue weighted by atomic mass is 10.2. The number of halogens is 2. The molecule has 0 spiro atoms. The van der Waals surface area contributed by atoms with Crippen LogP contribution in [0, 0.1) is 11.6 Å². The second-order valence-electron chi connectivity index (χ2n) is 4.05. The van der Waals surface area contributed by atoms with E-state index in [4.69, 9.17) is 0 Å². The van der Waals surface area contributed by atoms with Crippen LogP contribution in [0.25, 0.3) is 17.8 Å². The molecule has 94 valence electrons. The summed E-state index contributed by atoms with van der Waals surface area (Å²) in [6, 6.07) is 3.76. The van der Waals surface area contributed by atoms with Gasteiger partial charge in [-0.05, 0) is 17.7 Å². The second kappa shape index (κ2) is 4.61. The molecule has 0 radical (unpaired) electrons. The van der Waals surface area contributed by atoms with Crippen LogP contribution in [0.4, 0.5) is 8.78 Å². The number of imidazole rings is 1. The van der Waals surface area contributed by atoms with Gasteiger partial charge >= 0.3 is 0 Å². The largest absolute Gasteiger partial charge is 0.290 e. The van der Waals surface area contributed by atoms with Gasteiger partial charge in [0.25, 0.3) is 0 Å². The third-order valence-electron chi connectivity index (χ3n) is 2.69. The SMILES string of the molecule is Fc1ccc(/C=C/c2cnc3cncn3c2)cc1F. The molecular formula is C14H9F2N3. The van der Waals surface area contributed by atoms with Crippen molar-refractivity contribution in [1.29, 1.82) is 0 Å². The maximum atomic E-state index is 13.0. The van der Waals surface area contributed by atoms with Gasteiger partial charge in [0.1, 0.15) is 6.33 Å². The zero-order valence-electron chi connectivity index (χ0n) is 9.79. The van der Waals surface area contributed by atoms with E-state index >= 15 is 0 Å². The molecule has 1 aromatic carbocycles. The van der Waals surface area contributed by atoms with Crippen molar-refractivity contribution in [2.75, 3.05) is 0 Å². The van der Waals surface area contributed by atoms with Gasteiger partial charge in [-0.3, -0.25) is 4.40 Å². The van der Waals surface area contributed by atoms with Crippen LogP contribution in [-0.4, -0.2) is 14.4 Å². The fourth-order valence-electron chi connectivity index (χ4n) is 1.73. The van der Waals surface area contributed by atoms with Crippen LogP contribution in [0.1, 0.15) is 11.1 Å². The minimum Gasteiger partial charge on any atom is -0.290 e. The van der Waals surface area contributed by atoms with Crippen LogP contribution < -0.4 is 0 Å². The molecule has 0 saturated heterocycles. The number of hydrogen-bond acceptors (Lipinski definition) is 2. The van der Waals surface area contributed by atoms with Crippen LogP contribution in [0.15, 0.2) is 43.1 Å². The lowest BCUT2D eigenvalue weighted by Gasteiger charge is -1.97. The Kier molecular flexibility index (Phi) is 2.79. The molecule has 0 fully saturated rings. The van der Waals surface area contributed by atoms with E-state index in [0.29, 0.717) is 5.56 Å². The summed E-state index contributed by atoms with van der Waals surface area (Å²) in [5.41, 5.74) is 2.19. The molecule has 3 nitrogen and oxygen atoms in total. The molecule has 3 rings (SSSR count). The summed E-state index contributed by atoms with van der Waals surface area (Å²) in [6.07, 6.45) is 10.3. The average Bonchev–Trinajstić information content (AvgIpc) is 2.87. The van der Waals surface area contributed by atoms with E-state index in [1.54, 1.807) is 35.3 Å². The minimum absolute atomic E-state index is 0.588. The Bertz CT molecular complexity index is 762. The van der Waals surface area contributed by atoms with E-state index < -0.39 is 11.6 Å². The Hall–Kier alpha value is -2.56. The van der Waals surface area contributed by atoms with E-state index in [9.17, 15) is 8.78 Å². The molecule has 19 heavy (non-hydrogen) atoms. The smallest absolute Gasteiger partial charge is 0.159 e. The van der Waals surface area contributed by atoms with Crippen molar-refractivity contribution in [3.63, 3.8) is 0 Å². The molecule has 0 aliphatic rings. The Morgan fingerprint density at radius 2 is 1.84 bits per heavy atom. The lowest BCUT2D eigenvalue weighted by Crippen LogP contribution is -1.87. The third kappa shape index (κ3) is 2.35. The fraction of sp³-hybridized carbons (Fsp3) is 0. The number of aromatic nitrogens is 3. The lowest BCUT2D eigenvalue weighted by molar-refractivity contribution is 0.508. The Balaban J connectivity index is 1.90. The molecular weight excluding hydrogens is 248 g/mol. The van der Waals surface area contributed by atoms with E-state index in [0.717, 1.165) is 23.3 Å². The number of benzene rings is 1. The zero-order valence-corrected chi connectivity index (χ0v) is 9.79. The summed E-state index contributed by atoms with van der Waals surface area (Å²) in [6.45, 7) is 0. The summed E-state index contributed by atoms with van der Waals surface area (Å²) in [4.78, 5) is 8.17. The Morgan fingerprint density at radius 1 is 1.00 bits per heavy atom. The van der Waals surface area contributed by atoms with Gasteiger partial charge in [0.05, 0.1) is 6.20 Å². The first kappa shape index (κ1) is 11.5. The van der Waals surface area contributed by atoms with Gasteiger partial charge in [0.2, 0.25) is 0 Å². The van der Waals surface area contributed by atoms with E-state index in [2.05, 4.69) is 9.97 Å². The highest BCUT2D eigenvalue weighted by molar-refractivity contribution is 5.69. The van der Waals surface area contributed by atoms with Crippen molar-refractivity contribution in [3.8, 4) is 0 Å². The molecule has 0 aliphatic heterocycles. The first-order valence-electron chi connectivity index (χ1n) is 5.63. The highest BCUT2D eigenvalue weighted by atomic mass is 19.2. The number of fused-ring (bicyclic) bond motifs is 1. The van der Waals surface area contributed by atoms with Crippen molar-refractivity contribution in [3.05, 3.63) is 65.9 Å². The molecule has 2 heterocycles. The Labute approximate surface area is 107 Å². The summed E-state index contributed by atoms with van der Waals surface area (Å²) in [7, 11) is 0. The van der Waals surface area contributed by atoms with Crippen molar-refractivity contribution < 1.29 is 8.78 Å². The maximum absolute atomic E-state index is 13.0. The first-order chi connectivity index (χ1) is 9.22. The van der Waals surface area contributed by atoms with Crippen LogP contribution in [0.2, 0.25) is 0 Å². The van der Waals surface area contributed by atoms with Gasteiger partial charge in [-0.1, -0.05) is 18.2 Å². The number of rotatable bonds is 2. The molecule has 0 bridgehead atoms. The molecule has 0 unspecified atom stereocenters. The predicted molar refractivity (Wildman–Crippen MR) is 68.3 cm³/mol. The van der Waals surface area contributed by atoms with Crippen LogP contribution in [0.5, 0.6) is 0 Å². The second-order valence-corrected chi connectivity index (χ2v) is 4.05. The maximum Gasteiger partial charge on any atom is 0.159 e. The standard InChI is InChI=1S/C14H9F2N3/c15-12-4-3-10(5-13(12)16)1-2-11-6-18-14-7-17-9-19(14)8-11/h1-9H/b2-1+. The molecule has 0 aliphatic carbocycles. The molecule has 2 aromatic heterocycles. The summed E-state index contributed by atoms with van der Waals surface area (Å²) in [5.74, 6) is -1.70. The normalized spacial score (nSPS) is 11.5. The van der Waals surface area contributed by atoms with Gasteiger partial charge in [0, 0.05) is 18.0 Å². The van der Waals surface area contributed by atoms with Gasteiger partial charge < -0.3 is 0 Å². The highest BCUT2D eigenvalue weighted by Crippen LogP contribution is 2.12. The average molecular weight is 257 g/mol.